The summed E-state index contributed by atoms with van der Waals surface area (Å²) in [5.41, 5.74) is 0.637. The SMILES string of the molecule is O=C(OCCOc1ccc(Br)cc1)c1ccc(N2CCCC2)c([N+](=O)[O-])c1. The highest BCUT2D eigenvalue weighted by Crippen LogP contribution is 2.31. The number of carbonyl (C=O) groups excluding carboxylic acids is 1. The van der Waals surface area contributed by atoms with Crippen LogP contribution >= 0.6 is 15.9 Å². The fourth-order valence-electron chi connectivity index (χ4n) is 2.93. The molecule has 1 fully saturated rings. The van der Waals surface area contributed by atoms with Gasteiger partial charge in [0, 0.05) is 23.6 Å². The molecule has 3 rings (SSSR count). The van der Waals surface area contributed by atoms with Gasteiger partial charge in [0.2, 0.25) is 0 Å². The van der Waals surface area contributed by atoms with Gasteiger partial charge in [0.1, 0.15) is 24.7 Å². The molecule has 0 N–H and O–H groups in total. The van der Waals surface area contributed by atoms with Crippen LogP contribution in [0.4, 0.5) is 11.4 Å². The van der Waals surface area contributed by atoms with Crippen LogP contribution < -0.4 is 9.64 Å². The second-order valence-corrected chi connectivity index (χ2v) is 7.01. The zero-order chi connectivity index (χ0) is 19.2. The van der Waals surface area contributed by atoms with Gasteiger partial charge in [-0.15, -0.1) is 0 Å². The highest BCUT2D eigenvalue weighted by molar-refractivity contribution is 9.10. The molecule has 0 aliphatic carbocycles. The van der Waals surface area contributed by atoms with E-state index < -0.39 is 10.9 Å². The Kier molecular flexibility index (Phi) is 6.28. The molecule has 2 aromatic carbocycles. The van der Waals surface area contributed by atoms with E-state index in [2.05, 4.69) is 15.9 Å². The van der Waals surface area contributed by atoms with Gasteiger partial charge in [-0.3, -0.25) is 10.1 Å². The number of hydrogen-bond acceptors (Lipinski definition) is 6. The molecule has 0 spiro atoms. The van der Waals surface area contributed by atoms with Crippen LogP contribution in [0.25, 0.3) is 0 Å². The monoisotopic (exact) mass is 434 g/mol. The van der Waals surface area contributed by atoms with Crippen LogP contribution in [0.2, 0.25) is 0 Å². The molecular weight excluding hydrogens is 416 g/mol. The molecule has 1 heterocycles. The highest BCUT2D eigenvalue weighted by atomic mass is 79.9. The second kappa shape index (κ2) is 8.85. The van der Waals surface area contributed by atoms with Crippen LogP contribution in [0.3, 0.4) is 0 Å². The van der Waals surface area contributed by atoms with Gasteiger partial charge in [-0.05, 0) is 49.2 Å². The van der Waals surface area contributed by atoms with Crippen molar-refractivity contribution in [2.24, 2.45) is 0 Å². The molecule has 7 nitrogen and oxygen atoms in total. The molecular formula is C19H19BrN2O5. The topological polar surface area (TPSA) is 81.9 Å². The van der Waals surface area contributed by atoms with E-state index in [1.807, 2.05) is 17.0 Å². The van der Waals surface area contributed by atoms with Crippen LogP contribution in [0.5, 0.6) is 5.75 Å². The first-order chi connectivity index (χ1) is 13.0. The Hall–Kier alpha value is -2.61. The number of rotatable bonds is 7. The Morgan fingerprint density at radius 2 is 1.81 bits per heavy atom. The van der Waals surface area contributed by atoms with Crippen LogP contribution in [0.1, 0.15) is 23.2 Å². The molecule has 2 aromatic rings. The van der Waals surface area contributed by atoms with Gasteiger partial charge in [0.25, 0.3) is 5.69 Å². The average molecular weight is 435 g/mol. The van der Waals surface area contributed by atoms with Crippen molar-refractivity contribution < 1.29 is 19.2 Å². The summed E-state index contributed by atoms with van der Waals surface area (Å²) in [6.07, 6.45) is 2.03. The maximum atomic E-state index is 12.2. The first kappa shape index (κ1) is 19.2. The third-order valence-corrected chi connectivity index (χ3v) is 4.78. The number of benzene rings is 2. The molecule has 0 unspecified atom stereocenters. The molecule has 0 aromatic heterocycles. The molecule has 0 bridgehead atoms. The van der Waals surface area contributed by atoms with Gasteiger partial charge in [-0.1, -0.05) is 15.9 Å². The lowest BCUT2D eigenvalue weighted by Gasteiger charge is -2.17. The fraction of sp³-hybridized carbons (Fsp3) is 0.316. The molecule has 0 amide bonds. The predicted octanol–water partition coefficient (Wildman–Crippen LogP) is 4.19. The standard InChI is InChI=1S/C19H19BrN2O5/c20-15-4-6-16(7-5-15)26-11-12-27-19(23)14-3-8-17(18(13-14)22(24)25)21-9-1-2-10-21/h3-8,13H,1-2,9-12H2. The van der Waals surface area contributed by atoms with E-state index in [-0.39, 0.29) is 24.5 Å². The van der Waals surface area contributed by atoms with Crippen molar-refractivity contribution in [3.05, 3.63) is 62.6 Å². The van der Waals surface area contributed by atoms with Gasteiger partial charge in [0.15, 0.2) is 0 Å². The van der Waals surface area contributed by atoms with Crippen LogP contribution in [-0.4, -0.2) is 37.2 Å². The summed E-state index contributed by atoms with van der Waals surface area (Å²) in [4.78, 5) is 25.1. The van der Waals surface area contributed by atoms with Crippen molar-refractivity contribution in [1.82, 2.24) is 0 Å². The molecule has 1 aliphatic heterocycles. The van der Waals surface area contributed by atoms with Crippen molar-refractivity contribution in [1.29, 1.82) is 0 Å². The first-order valence-corrected chi connectivity index (χ1v) is 9.43. The van der Waals surface area contributed by atoms with Gasteiger partial charge in [0.05, 0.1) is 10.5 Å². The number of halogens is 1. The van der Waals surface area contributed by atoms with E-state index in [1.54, 1.807) is 24.3 Å². The van der Waals surface area contributed by atoms with Crippen molar-refractivity contribution in [3.8, 4) is 5.75 Å². The maximum Gasteiger partial charge on any atom is 0.338 e. The van der Waals surface area contributed by atoms with Crippen LogP contribution in [0, 0.1) is 10.1 Å². The number of anilines is 1. The number of carbonyl (C=O) groups is 1. The van der Waals surface area contributed by atoms with E-state index in [0.29, 0.717) is 11.4 Å². The van der Waals surface area contributed by atoms with E-state index >= 15 is 0 Å². The van der Waals surface area contributed by atoms with Crippen molar-refractivity contribution in [2.45, 2.75) is 12.8 Å². The van der Waals surface area contributed by atoms with Crippen LogP contribution in [-0.2, 0) is 4.74 Å². The largest absolute Gasteiger partial charge is 0.490 e. The third kappa shape index (κ3) is 4.97. The normalized spacial score (nSPS) is 13.4. The summed E-state index contributed by atoms with van der Waals surface area (Å²) < 4.78 is 11.6. The summed E-state index contributed by atoms with van der Waals surface area (Å²) in [5, 5.41) is 11.4. The molecule has 0 saturated carbocycles. The zero-order valence-corrected chi connectivity index (χ0v) is 16.2. The molecule has 0 radical (unpaired) electrons. The molecule has 0 atom stereocenters. The predicted molar refractivity (Wildman–Crippen MR) is 104 cm³/mol. The zero-order valence-electron chi connectivity index (χ0n) is 14.6. The van der Waals surface area contributed by atoms with Gasteiger partial charge >= 0.3 is 5.97 Å². The van der Waals surface area contributed by atoms with E-state index in [0.717, 1.165) is 30.4 Å². The maximum absolute atomic E-state index is 12.2. The van der Waals surface area contributed by atoms with Crippen molar-refractivity contribution in [3.63, 3.8) is 0 Å². The highest BCUT2D eigenvalue weighted by Gasteiger charge is 2.24. The Morgan fingerprint density at radius 1 is 1.11 bits per heavy atom. The fourth-order valence-corrected chi connectivity index (χ4v) is 3.19. The van der Waals surface area contributed by atoms with E-state index in [1.165, 1.54) is 6.07 Å². The van der Waals surface area contributed by atoms with Gasteiger partial charge in [-0.25, -0.2) is 4.79 Å². The van der Waals surface area contributed by atoms with Gasteiger partial charge < -0.3 is 14.4 Å². The number of nitro groups is 1. The number of esters is 1. The smallest absolute Gasteiger partial charge is 0.338 e. The Labute approximate surface area is 165 Å². The lowest BCUT2D eigenvalue weighted by molar-refractivity contribution is -0.384. The average Bonchev–Trinajstić information content (AvgIpc) is 3.20. The van der Waals surface area contributed by atoms with Crippen molar-refractivity contribution >= 4 is 33.3 Å². The van der Waals surface area contributed by atoms with E-state index in [9.17, 15) is 14.9 Å². The first-order valence-electron chi connectivity index (χ1n) is 8.63. The number of nitrogens with zero attached hydrogens (tertiary/aromatic N) is 2. The Balaban J connectivity index is 1.58. The second-order valence-electron chi connectivity index (χ2n) is 6.09. The number of ether oxygens (including phenoxy) is 2. The van der Waals surface area contributed by atoms with Gasteiger partial charge in [-0.2, -0.15) is 0 Å². The Bertz CT molecular complexity index is 819. The van der Waals surface area contributed by atoms with E-state index in [4.69, 9.17) is 9.47 Å². The molecule has 142 valence electrons. The summed E-state index contributed by atoms with van der Waals surface area (Å²) in [7, 11) is 0. The number of hydrogen-bond donors (Lipinski definition) is 0. The minimum Gasteiger partial charge on any atom is -0.490 e. The Morgan fingerprint density at radius 3 is 2.48 bits per heavy atom. The van der Waals surface area contributed by atoms with Crippen molar-refractivity contribution in [2.75, 3.05) is 31.2 Å². The lowest BCUT2D eigenvalue weighted by Crippen LogP contribution is -2.19. The minimum atomic E-state index is -0.606. The molecule has 1 aliphatic rings. The summed E-state index contributed by atoms with van der Waals surface area (Å²) in [6, 6.07) is 11.8. The molecule has 8 heteroatoms. The summed E-state index contributed by atoms with van der Waals surface area (Å²) in [5.74, 6) is 0.0605. The molecule has 27 heavy (non-hydrogen) atoms. The number of nitro benzene ring substituents is 1. The molecule has 1 saturated heterocycles. The summed E-state index contributed by atoms with van der Waals surface area (Å²) in [6.45, 7) is 1.83. The third-order valence-electron chi connectivity index (χ3n) is 4.25. The summed E-state index contributed by atoms with van der Waals surface area (Å²) >= 11 is 3.34. The van der Waals surface area contributed by atoms with Crippen LogP contribution in [0.15, 0.2) is 46.9 Å². The minimum absolute atomic E-state index is 0.0522. The lowest BCUT2D eigenvalue weighted by atomic mass is 10.1. The quantitative estimate of drug-likeness (QED) is 0.281.